The normalized spacial score (nSPS) is 27.7. The molecule has 0 spiro atoms. The third kappa shape index (κ3) is 1.19. The Morgan fingerprint density at radius 2 is 1.82 bits per heavy atom. The molecule has 0 unspecified atom stereocenters. The van der Waals surface area contributed by atoms with E-state index in [2.05, 4.69) is 37.3 Å². The van der Waals surface area contributed by atoms with Gasteiger partial charge in [0.25, 0.3) is 0 Å². The highest BCUT2D eigenvalue weighted by Crippen LogP contribution is 2.38. The minimum absolute atomic E-state index is 0.321. The van der Waals surface area contributed by atoms with Crippen LogP contribution < -0.4 is 0 Å². The van der Waals surface area contributed by atoms with E-state index < -0.39 is 0 Å². The Labute approximate surface area is 81.7 Å². The molecule has 0 radical (unpaired) electrons. The summed E-state index contributed by atoms with van der Waals surface area (Å²) in [5, 5.41) is 0. The lowest BCUT2D eigenvalue weighted by Gasteiger charge is -2.25. The van der Waals surface area contributed by atoms with E-state index in [9.17, 15) is 0 Å². The lowest BCUT2D eigenvalue weighted by atomic mass is 9.96. The highest BCUT2D eigenvalue weighted by Gasteiger charge is 2.42. The summed E-state index contributed by atoms with van der Waals surface area (Å²) in [6.45, 7) is 2.57. The molecule has 2 aliphatic heterocycles. The van der Waals surface area contributed by atoms with Gasteiger partial charge in [0.1, 0.15) is 0 Å². The average Bonchev–Trinajstić information content (AvgIpc) is 2.45. The van der Waals surface area contributed by atoms with Crippen LogP contribution in [0.15, 0.2) is 0 Å². The van der Waals surface area contributed by atoms with E-state index in [-0.39, 0.29) is 0 Å². The van der Waals surface area contributed by atoms with Gasteiger partial charge in [0, 0.05) is 22.6 Å². The topological polar surface area (TPSA) is 3.24 Å². The molecule has 0 aromatic carbocycles. The zero-order chi connectivity index (χ0) is 7.73. The van der Waals surface area contributed by atoms with Crippen LogP contribution in [-0.4, -0.2) is 23.5 Å². The first-order chi connectivity index (χ1) is 5.37. The second-order valence-electron chi connectivity index (χ2n) is 3.45. The third-order valence-electron chi connectivity index (χ3n) is 2.92. The van der Waals surface area contributed by atoms with E-state index in [4.69, 9.17) is 0 Å². The largest absolute Gasteiger partial charge is 0.287 e. The van der Waals surface area contributed by atoms with Crippen LogP contribution in [0.4, 0.5) is 0 Å². The highest BCUT2D eigenvalue weighted by atomic mass is 127. The molecule has 0 aliphatic carbocycles. The molecular weight excluding hydrogens is 249 g/mol. The van der Waals surface area contributed by atoms with Crippen molar-refractivity contribution >= 4 is 22.6 Å². The van der Waals surface area contributed by atoms with Crippen LogP contribution in [-0.2, 0) is 0 Å². The summed E-state index contributed by atoms with van der Waals surface area (Å²) in [5.74, 6) is 3.38. The maximum Gasteiger partial charge on any atom is 0.0834 e. The van der Waals surface area contributed by atoms with E-state index in [0.29, 0.717) is 5.54 Å². The standard InChI is InChI=1S/C9H12IN/c10-6-5-9-3-1-7-11(9)8-2-4-9/h1-4,7-8H2. The summed E-state index contributed by atoms with van der Waals surface area (Å²) in [7, 11) is 0. The van der Waals surface area contributed by atoms with Crippen molar-refractivity contribution in [2.45, 2.75) is 31.2 Å². The van der Waals surface area contributed by atoms with E-state index in [0.717, 1.165) is 0 Å². The molecule has 11 heavy (non-hydrogen) atoms. The Kier molecular flexibility index (Phi) is 2.11. The Morgan fingerprint density at radius 3 is 2.36 bits per heavy atom. The summed E-state index contributed by atoms with van der Waals surface area (Å²) >= 11 is 2.16. The predicted molar refractivity (Wildman–Crippen MR) is 54.6 cm³/mol. The second kappa shape index (κ2) is 2.95. The Hall–Kier alpha value is 0.250. The third-order valence-corrected chi connectivity index (χ3v) is 3.19. The number of nitrogens with zero attached hydrogens (tertiary/aromatic N) is 1. The molecule has 2 saturated heterocycles. The van der Waals surface area contributed by atoms with Gasteiger partial charge in [-0.1, -0.05) is 5.92 Å². The van der Waals surface area contributed by atoms with Crippen LogP contribution in [0.3, 0.4) is 0 Å². The van der Waals surface area contributed by atoms with Crippen molar-refractivity contribution in [3.8, 4) is 9.85 Å². The Balaban J connectivity index is 2.24. The second-order valence-corrected chi connectivity index (χ2v) is 3.98. The van der Waals surface area contributed by atoms with Gasteiger partial charge in [0.05, 0.1) is 5.54 Å². The number of fused-ring (bicyclic) bond motifs is 1. The van der Waals surface area contributed by atoms with Gasteiger partial charge in [-0.15, -0.1) is 0 Å². The number of hydrogen-bond acceptors (Lipinski definition) is 1. The maximum absolute atomic E-state index is 3.38. The van der Waals surface area contributed by atoms with Crippen molar-refractivity contribution < 1.29 is 0 Å². The molecule has 0 atom stereocenters. The van der Waals surface area contributed by atoms with Gasteiger partial charge in [-0.25, -0.2) is 0 Å². The van der Waals surface area contributed by atoms with Crippen LogP contribution in [0.1, 0.15) is 25.7 Å². The van der Waals surface area contributed by atoms with Crippen LogP contribution in [0, 0.1) is 9.85 Å². The summed E-state index contributed by atoms with van der Waals surface area (Å²) in [6, 6.07) is 0. The van der Waals surface area contributed by atoms with Crippen LogP contribution >= 0.6 is 22.6 Å². The van der Waals surface area contributed by atoms with Crippen LogP contribution in [0.2, 0.25) is 0 Å². The van der Waals surface area contributed by atoms with Crippen molar-refractivity contribution in [2.75, 3.05) is 13.1 Å². The number of halogens is 1. The van der Waals surface area contributed by atoms with Crippen molar-refractivity contribution in [3.05, 3.63) is 0 Å². The molecule has 60 valence electrons. The fraction of sp³-hybridized carbons (Fsp3) is 0.778. The summed E-state index contributed by atoms with van der Waals surface area (Å²) in [5.41, 5.74) is 0.321. The van der Waals surface area contributed by atoms with E-state index in [1.54, 1.807) is 0 Å². The first-order valence-electron chi connectivity index (χ1n) is 4.25. The molecule has 2 fully saturated rings. The molecule has 0 aromatic heterocycles. The van der Waals surface area contributed by atoms with Gasteiger partial charge in [-0.3, -0.25) is 4.90 Å². The van der Waals surface area contributed by atoms with E-state index in [1.807, 2.05) is 0 Å². The summed E-state index contributed by atoms with van der Waals surface area (Å²) in [6.07, 6.45) is 5.32. The van der Waals surface area contributed by atoms with Gasteiger partial charge in [0.15, 0.2) is 0 Å². The van der Waals surface area contributed by atoms with E-state index >= 15 is 0 Å². The fourth-order valence-electron chi connectivity index (χ4n) is 2.40. The van der Waals surface area contributed by atoms with Gasteiger partial charge < -0.3 is 0 Å². The lowest BCUT2D eigenvalue weighted by molar-refractivity contribution is 0.261. The number of rotatable bonds is 0. The van der Waals surface area contributed by atoms with Gasteiger partial charge >= 0.3 is 0 Å². The lowest BCUT2D eigenvalue weighted by Crippen LogP contribution is -2.36. The van der Waals surface area contributed by atoms with Gasteiger partial charge in [-0.05, 0) is 42.7 Å². The van der Waals surface area contributed by atoms with Crippen molar-refractivity contribution in [2.24, 2.45) is 0 Å². The molecule has 1 nitrogen and oxygen atoms in total. The van der Waals surface area contributed by atoms with Crippen molar-refractivity contribution in [1.82, 2.24) is 4.90 Å². The van der Waals surface area contributed by atoms with Crippen molar-refractivity contribution in [1.29, 1.82) is 0 Å². The Bertz CT molecular complexity index is 203. The molecule has 2 aliphatic rings. The molecule has 0 N–H and O–H groups in total. The van der Waals surface area contributed by atoms with E-state index in [1.165, 1.54) is 38.8 Å². The smallest absolute Gasteiger partial charge is 0.0834 e. The van der Waals surface area contributed by atoms with Gasteiger partial charge in [-0.2, -0.15) is 0 Å². The van der Waals surface area contributed by atoms with Crippen LogP contribution in [0.25, 0.3) is 0 Å². The molecule has 2 heterocycles. The summed E-state index contributed by atoms with van der Waals surface area (Å²) < 4.78 is 3.05. The molecule has 0 bridgehead atoms. The Morgan fingerprint density at radius 1 is 1.18 bits per heavy atom. The van der Waals surface area contributed by atoms with Crippen LogP contribution in [0.5, 0.6) is 0 Å². The fourth-order valence-corrected chi connectivity index (χ4v) is 2.90. The quantitative estimate of drug-likeness (QED) is 0.476. The zero-order valence-corrected chi connectivity index (χ0v) is 8.73. The monoisotopic (exact) mass is 261 g/mol. The first kappa shape index (κ1) is 7.88. The molecule has 2 heteroatoms. The first-order valence-corrected chi connectivity index (χ1v) is 5.33. The predicted octanol–water partition coefficient (Wildman–Crippen LogP) is 2.01. The van der Waals surface area contributed by atoms with Crippen molar-refractivity contribution in [3.63, 3.8) is 0 Å². The molecule has 2 rings (SSSR count). The summed E-state index contributed by atoms with van der Waals surface area (Å²) in [4.78, 5) is 2.57. The maximum atomic E-state index is 3.38. The SMILES string of the molecule is IC#CC12CCCN1CCC2. The molecule has 0 amide bonds. The number of hydrogen-bond donors (Lipinski definition) is 0. The average molecular weight is 261 g/mol. The minimum Gasteiger partial charge on any atom is -0.287 e. The van der Waals surface area contributed by atoms with Gasteiger partial charge in [0.2, 0.25) is 0 Å². The highest BCUT2D eigenvalue weighted by molar-refractivity contribution is 14.1. The minimum atomic E-state index is 0.321. The molecule has 0 saturated carbocycles. The zero-order valence-electron chi connectivity index (χ0n) is 6.57. The molecule has 0 aromatic rings. The molecular formula is C9H12IN.